The summed E-state index contributed by atoms with van der Waals surface area (Å²) in [6.07, 6.45) is 3.15. The molecule has 4 nitrogen and oxygen atoms in total. The topological polar surface area (TPSA) is 66.0 Å². The van der Waals surface area contributed by atoms with Crippen molar-refractivity contribution in [2.45, 2.75) is 5.03 Å². The highest BCUT2D eigenvalue weighted by Gasteiger charge is 2.10. The Labute approximate surface area is 61.6 Å². The van der Waals surface area contributed by atoms with Crippen LogP contribution in [-0.2, 0) is 0 Å². The molecule has 1 aromatic heterocycles. The Bertz CT molecular complexity index is 246. The molecule has 0 radical (unpaired) electrons. The second-order valence-electron chi connectivity index (χ2n) is 1.61. The first-order chi connectivity index (χ1) is 4.75. The average molecular weight is 158 g/mol. The largest absolute Gasteiger partial charge is 0.478 e. The van der Waals surface area contributed by atoms with Crippen LogP contribution >= 0.6 is 11.8 Å². The van der Waals surface area contributed by atoms with E-state index >= 15 is 0 Å². The molecule has 0 unspecified atom stereocenters. The molecule has 0 spiro atoms. The zero-order valence-electron chi connectivity index (χ0n) is 5.29. The molecule has 0 aliphatic heterocycles. The van der Waals surface area contributed by atoms with E-state index in [1.54, 1.807) is 6.26 Å². The molecular formula is C5H6N2O2S. The molecule has 0 bridgehead atoms. The van der Waals surface area contributed by atoms with Gasteiger partial charge in [-0.15, -0.1) is 11.8 Å². The highest BCUT2D eigenvalue weighted by molar-refractivity contribution is 7.98. The Hall–Kier alpha value is -0.970. The summed E-state index contributed by atoms with van der Waals surface area (Å²) in [4.78, 5) is 10.4. The maximum absolute atomic E-state index is 10.4. The molecule has 2 N–H and O–H groups in total. The van der Waals surface area contributed by atoms with Crippen LogP contribution in [0.4, 0.5) is 0 Å². The number of aromatic carboxylic acids is 1. The molecule has 0 amide bonds. The van der Waals surface area contributed by atoms with Gasteiger partial charge in [0.15, 0.2) is 0 Å². The van der Waals surface area contributed by atoms with Crippen LogP contribution in [0.15, 0.2) is 11.2 Å². The number of hydrogen-bond donors (Lipinski definition) is 2. The molecule has 0 fully saturated rings. The first kappa shape index (κ1) is 7.14. The molecule has 1 aromatic rings. The maximum atomic E-state index is 10.4. The number of aromatic nitrogens is 2. The molecule has 0 aliphatic carbocycles. The van der Waals surface area contributed by atoms with Crippen LogP contribution in [0.2, 0.25) is 0 Å². The Kier molecular flexibility index (Phi) is 1.96. The number of nitrogens with one attached hydrogen (secondary N) is 1. The van der Waals surface area contributed by atoms with Crippen molar-refractivity contribution in [3.63, 3.8) is 0 Å². The van der Waals surface area contributed by atoms with Crippen molar-refractivity contribution in [3.05, 3.63) is 11.8 Å². The van der Waals surface area contributed by atoms with E-state index in [1.807, 2.05) is 0 Å². The molecule has 1 rings (SSSR count). The molecule has 10 heavy (non-hydrogen) atoms. The fraction of sp³-hybridized carbons (Fsp3) is 0.200. The Morgan fingerprint density at radius 3 is 3.00 bits per heavy atom. The van der Waals surface area contributed by atoms with Crippen molar-refractivity contribution < 1.29 is 9.90 Å². The number of rotatable bonds is 2. The molecule has 0 saturated carbocycles. The van der Waals surface area contributed by atoms with Crippen molar-refractivity contribution in [3.8, 4) is 0 Å². The molecule has 5 heteroatoms. The van der Waals surface area contributed by atoms with Crippen LogP contribution in [0.1, 0.15) is 10.4 Å². The predicted octanol–water partition coefficient (Wildman–Crippen LogP) is 0.830. The van der Waals surface area contributed by atoms with E-state index in [0.29, 0.717) is 5.03 Å². The van der Waals surface area contributed by atoms with Gasteiger partial charge in [-0.3, -0.25) is 5.10 Å². The lowest BCUT2D eigenvalue weighted by Crippen LogP contribution is -1.94. The van der Waals surface area contributed by atoms with Gasteiger partial charge in [0.25, 0.3) is 0 Å². The van der Waals surface area contributed by atoms with Gasteiger partial charge in [-0.25, -0.2) is 4.79 Å². The summed E-state index contributed by atoms with van der Waals surface area (Å²) in [7, 11) is 0. The second-order valence-corrected chi connectivity index (χ2v) is 2.41. The van der Waals surface area contributed by atoms with Gasteiger partial charge in [0.2, 0.25) is 0 Å². The molecule has 0 saturated heterocycles. The van der Waals surface area contributed by atoms with Gasteiger partial charge in [-0.05, 0) is 6.26 Å². The SMILES string of the molecule is CSc1n[nH]cc1C(=O)O. The van der Waals surface area contributed by atoms with Crippen LogP contribution in [0, 0.1) is 0 Å². The van der Waals surface area contributed by atoms with Crippen LogP contribution < -0.4 is 0 Å². The fourth-order valence-corrected chi connectivity index (χ4v) is 1.10. The lowest BCUT2D eigenvalue weighted by Gasteiger charge is -1.88. The Balaban J connectivity index is 3.01. The number of H-pyrrole nitrogens is 1. The third-order valence-electron chi connectivity index (χ3n) is 1.03. The third kappa shape index (κ3) is 1.13. The van der Waals surface area contributed by atoms with Crippen molar-refractivity contribution in [2.24, 2.45) is 0 Å². The van der Waals surface area contributed by atoms with Gasteiger partial charge in [0, 0.05) is 6.20 Å². The molecule has 0 aromatic carbocycles. The third-order valence-corrected chi connectivity index (χ3v) is 1.73. The number of nitrogens with zero attached hydrogens (tertiary/aromatic N) is 1. The summed E-state index contributed by atoms with van der Waals surface area (Å²) in [6, 6.07) is 0. The summed E-state index contributed by atoms with van der Waals surface area (Å²) >= 11 is 1.31. The maximum Gasteiger partial charge on any atom is 0.340 e. The molecule has 54 valence electrons. The standard InChI is InChI=1S/C5H6N2O2S/c1-10-4-3(5(8)9)2-6-7-4/h2H,1H3,(H,6,7)(H,8,9). The van der Waals surface area contributed by atoms with Crippen molar-refractivity contribution in [1.82, 2.24) is 10.2 Å². The van der Waals surface area contributed by atoms with Gasteiger partial charge in [0.1, 0.15) is 10.6 Å². The monoisotopic (exact) mass is 158 g/mol. The number of carboxylic acids is 1. The van der Waals surface area contributed by atoms with Gasteiger partial charge in [-0.2, -0.15) is 5.10 Å². The summed E-state index contributed by atoms with van der Waals surface area (Å²) < 4.78 is 0. The molecule has 0 atom stereocenters. The van der Waals surface area contributed by atoms with Crippen molar-refractivity contribution in [2.75, 3.05) is 6.26 Å². The molecule has 1 heterocycles. The normalized spacial score (nSPS) is 9.70. The van der Waals surface area contributed by atoms with Crippen molar-refractivity contribution in [1.29, 1.82) is 0 Å². The highest BCUT2D eigenvalue weighted by Crippen LogP contribution is 2.15. The van der Waals surface area contributed by atoms with E-state index in [4.69, 9.17) is 5.11 Å². The second kappa shape index (κ2) is 2.74. The number of carboxylic acid groups (broad SMARTS) is 1. The van der Waals surface area contributed by atoms with Gasteiger partial charge >= 0.3 is 5.97 Å². The predicted molar refractivity (Wildman–Crippen MR) is 37.3 cm³/mol. The molecule has 0 aliphatic rings. The van der Waals surface area contributed by atoms with E-state index in [-0.39, 0.29) is 5.56 Å². The van der Waals surface area contributed by atoms with E-state index in [1.165, 1.54) is 18.0 Å². The lowest BCUT2D eigenvalue weighted by atomic mass is 10.4. The summed E-state index contributed by atoms with van der Waals surface area (Å²) in [5.41, 5.74) is 0.229. The Morgan fingerprint density at radius 1 is 1.90 bits per heavy atom. The van der Waals surface area contributed by atoms with Crippen LogP contribution in [0.25, 0.3) is 0 Å². The number of aromatic amines is 1. The van der Waals surface area contributed by atoms with Crippen LogP contribution in [0.5, 0.6) is 0 Å². The summed E-state index contributed by atoms with van der Waals surface area (Å²) in [5, 5.41) is 15.2. The Morgan fingerprint density at radius 2 is 2.60 bits per heavy atom. The number of thioether (sulfide) groups is 1. The van der Waals surface area contributed by atoms with Crippen LogP contribution in [0.3, 0.4) is 0 Å². The quantitative estimate of drug-likeness (QED) is 0.625. The number of hydrogen-bond acceptors (Lipinski definition) is 3. The zero-order valence-corrected chi connectivity index (χ0v) is 6.10. The highest BCUT2D eigenvalue weighted by atomic mass is 32.2. The van der Waals surface area contributed by atoms with Crippen LogP contribution in [-0.4, -0.2) is 27.5 Å². The molecular weight excluding hydrogens is 152 g/mol. The van der Waals surface area contributed by atoms with Gasteiger partial charge in [-0.1, -0.05) is 0 Å². The minimum absolute atomic E-state index is 0.229. The van der Waals surface area contributed by atoms with Gasteiger partial charge < -0.3 is 5.11 Å². The van der Waals surface area contributed by atoms with Gasteiger partial charge in [0.05, 0.1) is 0 Å². The minimum Gasteiger partial charge on any atom is -0.478 e. The summed E-state index contributed by atoms with van der Waals surface area (Å²) in [6.45, 7) is 0. The fourth-order valence-electron chi connectivity index (χ4n) is 0.586. The van der Waals surface area contributed by atoms with E-state index in [2.05, 4.69) is 10.2 Å². The number of carbonyl (C=O) groups is 1. The zero-order chi connectivity index (χ0) is 7.56. The smallest absolute Gasteiger partial charge is 0.340 e. The van der Waals surface area contributed by atoms with E-state index < -0.39 is 5.97 Å². The van der Waals surface area contributed by atoms with E-state index in [9.17, 15) is 4.79 Å². The average Bonchev–Trinajstić information content (AvgIpc) is 2.33. The first-order valence-corrected chi connectivity index (χ1v) is 3.79. The van der Waals surface area contributed by atoms with E-state index in [0.717, 1.165) is 0 Å². The van der Waals surface area contributed by atoms with Crippen molar-refractivity contribution >= 4 is 17.7 Å². The minimum atomic E-state index is -0.946. The summed E-state index contributed by atoms with van der Waals surface area (Å²) in [5.74, 6) is -0.946. The lowest BCUT2D eigenvalue weighted by molar-refractivity contribution is 0.0693. The first-order valence-electron chi connectivity index (χ1n) is 2.56.